The molecule has 0 unspecified atom stereocenters. The highest BCUT2D eigenvalue weighted by molar-refractivity contribution is 6.35. The Kier molecular flexibility index (Phi) is 6.25. The van der Waals surface area contributed by atoms with Crippen molar-refractivity contribution in [2.24, 2.45) is 5.73 Å². The highest BCUT2D eigenvalue weighted by Crippen LogP contribution is 2.21. The average molecular weight is 337 g/mol. The van der Waals surface area contributed by atoms with E-state index in [1.54, 1.807) is 18.2 Å². The summed E-state index contributed by atoms with van der Waals surface area (Å²) in [6.07, 6.45) is 1.16. The van der Waals surface area contributed by atoms with Gasteiger partial charge < -0.3 is 11.1 Å². The highest BCUT2D eigenvalue weighted by atomic mass is 35.5. The molecule has 3 nitrogen and oxygen atoms in total. The standard InChI is InChI=1S/C17H18Cl2N2O/c18-14-7-6-13(15(19)11-14)10-16(20)17(22)21-9-8-12-4-2-1-3-5-12/h1-7,11,16H,8-10,20H2,(H,21,22)/t16-/m1/s1. The Bertz CT molecular complexity index is 632. The quantitative estimate of drug-likeness (QED) is 0.850. The second-order valence-electron chi connectivity index (χ2n) is 5.07. The zero-order valence-electron chi connectivity index (χ0n) is 12.1. The van der Waals surface area contributed by atoms with Crippen molar-refractivity contribution in [3.05, 3.63) is 69.7 Å². The first-order valence-corrected chi connectivity index (χ1v) is 7.83. The first-order chi connectivity index (χ1) is 10.6. The van der Waals surface area contributed by atoms with Crippen LogP contribution in [-0.4, -0.2) is 18.5 Å². The molecular formula is C17H18Cl2N2O. The van der Waals surface area contributed by atoms with Gasteiger partial charge in [-0.3, -0.25) is 4.79 Å². The van der Waals surface area contributed by atoms with Crippen LogP contribution in [0.4, 0.5) is 0 Å². The molecule has 0 fully saturated rings. The van der Waals surface area contributed by atoms with Crippen LogP contribution < -0.4 is 11.1 Å². The van der Waals surface area contributed by atoms with Crippen molar-refractivity contribution >= 4 is 29.1 Å². The van der Waals surface area contributed by atoms with E-state index >= 15 is 0 Å². The second kappa shape index (κ2) is 8.18. The van der Waals surface area contributed by atoms with Gasteiger partial charge in [-0.1, -0.05) is 59.6 Å². The predicted octanol–water partition coefficient (Wildman–Crippen LogP) is 3.22. The lowest BCUT2D eigenvalue weighted by Crippen LogP contribution is -2.42. The van der Waals surface area contributed by atoms with E-state index in [0.29, 0.717) is 23.0 Å². The van der Waals surface area contributed by atoms with Crippen LogP contribution in [0.2, 0.25) is 10.0 Å². The molecule has 116 valence electrons. The van der Waals surface area contributed by atoms with Gasteiger partial charge in [-0.2, -0.15) is 0 Å². The van der Waals surface area contributed by atoms with Gasteiger partial charge in [-0.15, -0.1) is 0 Å². The predicted molar refractivity (Wildman–Crippen MR) is 91.3 cm³/mol. The lowest BCUT2D eigenvalue weighted by atomic mass is 10.1. The van der Waals surface area contributed by atoms with Crippen LogP contribution in [0.1, 0.15) is 11.1 Å². The molecule has 0 saturated heterocycles. The number of nitrogens with two attached hydrogens (primary N) is 1. The van der Waals surface area contributed by atoms with Crippen LogP contribution in [0, 0.1) is 0 Å². The number of hydrogen-bond acceptors (Lipinski definition) is 2. The molecule has 0 aliphatic rings. The minimum absolute atomic E-state index is 0.179. The molecule has 0 aliphatic heterocycles. The van der Waals surface area contributed by atoms with Crippen molar-refractivity contribution in [2.45, 2.75) is 18.9 Å². The van der Waals surface area contributed by atoms with Crippen molar-refractivity contribution in [3.8, 4) is 0 Å². The van der Waals surface area contributed by atoms with E-state index < -0.39 is 6.04 Å². The molecule has 2 aromatic carbocycles. The van der Waals surface area contributed by atoms with Gasteiger partial charge in [0.25, 0.3) is 0 Å². The maximum atomic E-state index is 12.0. The van der Waals surface area contributed by atoms with Crippen LogP contribution >= 0.6 is 23.2 Å². The van der Waals surface area contributed by atoms with Crippen LogP contribution in [0.25, 0.3) is 0 Å². The van der Waals surface area contributed by atoms with Crippen LogP contribution in [0.3, 0.4) is 0 Å². The Morgan fingerprint density at radius 2 is 1.86 bits per heavy atom. The molecule has 0 bridgehead atoms. The fraction of sp³-hybridized carbons (Fsp3) is 0.235. The third-order valence-electron chi connectivity index (χ3n) is 3.35. The fourth-order valence-electron chi connectivity index (χ4n) is 2.12. The number of amides is 1. The molecule has 2 rings (SSSR count). The molecule has 0 radical (unpaired) electrons. The third kappa shape index (κ3) is 5.02. The summed E-state index contributed by atoms with van der Waals surface area (Å²) in [7, 11) is 0. The molecule has 0 heterocycles. The zero-order valence-corrected chi connectivity index (χ0v) is 13.6. The van der Waals surface area contributed by atoms with Gasteiger partial charge in [0, 0.05) is 16.6 Å². The number of carbonyl (C=O) groups excluding carboxylic acids is 1. The van der Waals surface area contributed by atoms with Gasteiger partial charge >= 0.3 is 0 Å². The van der Waals surface area contributed by atoms with E-state index in [-0.39, 0.29) is 5.91 Å². The number of rotatable bonds is 6. The van der Waals surface area contributed by atoms with E-state index in [1.165, 1.54) is 5.56 Å². The minimum atomic E-state index is -0.630. The van der Waals surface area contributed by atoms with Gasteiger partial charge in [0.1, 0.15) is 0 Å². The average Bonchev–Trinajstić information content (AvgIpc) is 2.51. The van der Waals surface area contributed by atoms with Gasteiger partial charge in [-0.05, 0) is 36.1 Å². The number of hydrogen-bond donors (Lipinski definition) is 2. The summed E-state index contributed by atoms with van der Waals surface area (Å²) in [5, 5.41) is 3.94. The summed E-state index contributed by atoms with van der Waals surface area (Å²) in [5.74, 6) is -0.179. The Morgan fingerprint density at radius 3 is 2.55 bits per heavy atom. The highest BCUT2D eigenvalue weighted by Gasteiger charge is 2.15. The lowest BCUT2D eigenvalue weighted by Gasteiger charge is -2.13. The molecule has 0 spiro atoms. The molecule has 0 aromatic heterocycles. The molecule has 22 heavy (non-hydrogen) atoms. The van der Waals surface area contributed by atoms with Crippen molar-refractivity contribution in [1.82, 2.24) is 5.32 Å². The number of carbonyl (C=O) groups is 1. The summed E-state index contributed by atoms with van der Waals surface area (Å²) < 4.78 is 0. The maximum Gasteiger partial charge on any atom is 0.237 e. The van der Waals surface area contributed by atoms with E-state index in [4.69, 9.17) is 28.9 Å². The van der Waals surface area contributed by atoms with Gasteiger partial charge in [0.2, 0.25) is 5.91 Å². The minimum Gasteiger partial charge on any atom is -0.354 e. The van der Waals surface area contributed by atoms with Gasteiger partial charge in [0.15, 0.2) is 0 Å². The monoisotopic (exact) mass is 336 g/mol. The van der Waals surface area contributed by atoms with Crippen molar-refractivity contribution in [1.29, 1.82) is 0 Å². The molecule has 0 aliphatic carbocycles. The fourth-order valence-corrected chi connectivity index (χ4v) is 2.61. The lowest BCUT2D eigenvalue weighted by molar-refractivity contribution is -0.122. The van der Waals surface area contributed by atoms with E-state index in [9.17, 15) is 4.79 Å². The Morgan fingerprint density at radius 1 is 1.14 bits per heavy atom. The Balaban J connectivity index is 1.82. The number of benzene rings is 2. The Hall–Kier alpha value is -1.55. The zero-order chi connectivity index (χ0) is 15.9. The SMILES string of the molecule is N[C@H](Cc1ccc(Cl)cc1Cl)C(=O)NCCc1ccccc1. The third-order valence-corrected chi connectivity index (χ3v) is 3.93. The van der Waals surface area contributed by atoms with Crippen molar-refractivity contribution in [3.63, 3.8) is 0 Å². The van der Waals surface area contributed by atoms with Gasteiger partial charge in [-0.25, -0.2) is 0 Å². The molecule has 0 saturated carbocycles. The summed E-state index contributed by atoms with van der Waals surface area (Å²) >= 11 is 11.9. The first kappa shape index (κ1) is 16.8. The Labute approximate surface area is 140 Å². The molecule has 1 atom stereocenters. The summed E-state index contributed by atoms with van der Waals surface area (Å²) in [6.45, 7) is 0.560. The summed E-state index contributed by atoms with van der Waals surface area (Å²) in [6, 6.07) is 14.5. The van der Waals surface area contributed by atoms with Crippen molar-refractivity contribution in [2.75, 3.05) is 6.54 Å². The summed E-state index contributed by atoms with van der Waals surface area (Å²) in [4.78, 5) is 12.0. The molecule has 3 N–H and O–H groups in total. The largest absolute Gasteiger partial charge is 0.354 e. The van der Waals surface area contributed by atoms with Crippen LogP contribution in [-0.2, 0) is 17.6 Å². The van der Waals surface area contributed by atoms with E-state index in [2.05, 4.69) is 5.32 Å². The topological polar surface area (TPSA) is 55.1 Å². The van der Waals surface area contributed by atoms with E-state index in [1.807, 2.05) is 30.3 Å². The molecule has 1 amide bonds. The van der Waals surface area contributed by atoms with Crippen molar-refractivity contribution < 1.29 is 4.79 Å². The second-order valence-corrected chi connectivity index (χ2v) is 5.92. The summed E-state index contributed by atoms with van der Waals surface area (Å²) in [5.41, 5.74) is 7.93. The molecular weight excluding hydrogens is 319 g/mol. The van der Waals surface area contributed by atoms with Gasteiger partial charge in [0.05, 0.1) is 6.04 Å². The maximum absolute atomic E-state index is 12.0. The van der Waals surface area contributed by atoms with Crippen LogP contribution in [0.15, 0.2) is 48.5 Å². The smallest absolute Gasteiger partial charge is 0.237 e. The number of halogens is 2. The van der Waals surface area contributed by atoms with E-state index in [0.717, 1.165) is 12.0 Å². The normalized spacial score (nSPS) is 12.0. The first-order valence-electron chi connectivity index (χ1n) is 7.07. The van der Waals surface area contributed by atoms with Crippen LogP contribution in [0.5, 0.6) is 0 Å². The molecule has 2 aromatic rings. The molecule has 5 heteroatoms. The number of nitrogens with one attached hydrogen (secondary N) is 1.